The average molecular weight is 369 g/mol. The highest BCUT2D eigenvalue weighted by Gasteiger charge is 2.14. The number of carbonyl (C=O) groups excluding carboxylic acids is 1. The lowest BCUT2D eigenvalue weighted by Crippen LogP contribution is -2.34. The predicted molar refractivity (Wildman–Crippen MR) is 103 cm³/mol. The number of thioether (sulfide) groups is 1. The van der Waals surface area contributed by atoms with Crippen LogP contribution in [0.1, 0.15) is 12.5 Å². The van der Waals surface area contributed by atoms with Gasteiger partial charge in [0, 0.05) is 18.9 Å². The molecule has 0 unspecified atom stereocenters. The van der Waals surface area contributed by atoms with E-state index < -0.39 is 0 Å². The van der Waals surface area contributed by atoms with Crippen LogP contribution >= 0.6 is 11.8 Å². The number of amides is 1. The molecule has 0 saturated carbocycles. The molecule has 3 aromatic rings. The maximum atomic E-state index is 12.6. The average Bonchev–Trinajstić information content (AvgIpc) is 2.63. The normalized spacial score (nSPS) is 10.9. The van der Waals surface area contributed by atoms with Crippen LogP contribution in [-0.2, 0) is 11.3 Å². The molecule has 0 aliphatic heterocycles. The molecule has 26 heavy (non-hydrogen) atoms. The highest BCUT2D eigenvalue weighted by molar-refractivity contribution is 7.99. The molecule has 0 atom stereocenters. The highest BCUT2D eigenvalue weighted by atomic mass is 32.2. The molecule has 0 aliphatic rings. The zero-order chi connectivity index (χ0) is 18.7. The first-order valence-electron chi connectivity index (χ1n) is 8.18. The van der Waals surface area contributed by atoms with E-state index in [4.69, 9.17) is 0 Å². The lowest BCUT2D eigenvalue weighted by Gasteiger charge is -2.18. The summed E-state index contributed by atoms with van der Waals surface area (Å²) in [4.78, 5) is 39.4. The molecule has 0 aliphatic carbocycles. The lowest BCUT2D eigenvalue weighted by atomic mass is 10.2. The van der Waals surface area contributed by atoms with E-state index in [1.807, 2.05) is 38.1 Å². The zero-order valence-electron chi connectivity index (χ0n) is 14.8. The third-order valence-corrected chi connectivity index (χ3v) is 4.64. The van der Waals surface area contributed by atoms with E-state index in [0.29, 0.717) is 16.2 Å². The van der Waals surface area contributed by atoms with Crippen LogP contribution in [0.3, 0.4) is 0 Å². The Morgan fingerprint density at radius 1 is 1.31 bits per heavy atom. The van der Waals surface area contributed by atoms with Crippen molar-refractivity contribution >= 4 is 34.4 Å². The van der Waals surface area contributed by atoms with Crippen molar-refractivity contribution in [3.63, 3.8) is 0 Å². The van der Waals surface area contributed by atoms with E-state index in [2.05, 4.69) is 15.0 Å². The first-order valence-corrected chi connectivity index (χ1v) is 9.16. The smallest absolute Gasteiger partial charge is 0.264 e. The summed E-state index contributed by atoms with van der Waals surface area (Å²) in [6.45, 7) is 3.86. The Kier molecular flexibility index (Phi) is 5.32. The molecule has 134 valence electrons. The zero-order valence-corrected chi connectivity index (χ0v) is 15.7. The van der Waals surface area contributed by atoms with Gasteiger partial charge in [0.1, 0.15) is 18.3 Å². The minimum Gasteiger partial charge on any atom is -0.314 e. The van der Waals surface area contributed by atoms with Gasteiger partial charge in [-0.05, 0) is 30.4 Å². The number of hydrogen-bond donors (Lipinski definition) is 0. The largest absolute Gasteiger partial charge is 0.314 e. The Morgan fingerprint density at radius 3 is 2.85 bits per heavy atom. The van der Waals surface area contributed by atoms with Crippen molar-refractivity contribution in [1.82, 2.24) is 19.5 Å². The number of carbonyl (C=O) groups is 1. The molecule has 0 bridgehead atoms. The molecule has 0 spiro atoms. The minimum atomic E-state index is -0.325. The molecule has 2 aromatic heterocycles. The molecule has 0 N–H and O–H groups in total. The van der Waals surface area contributed by atoms with Gasteiger partial charge in [-0.15, -0.1) is 0 Å². The summed E-state index contributed by atoms with van der Waals surface area (Å²) in [6, 6.07) is 7.62. The molecule has 0 fully saturated rings. The number of benzene rings is 1. The number of aromatic nitrogens is 4. The Labute approximate surface area is 155 Å². The van der Waals surface area contributed by atoms with Gasteiger partial charge in [-0.2, -0.15) is 0 Å². The van der Waals surface area contributed by atoms with Gasteiger partial charge < -0.3 is 4.90 Å². The Bertz CT molecular complexity index is 1020. The number of fused-ring (bicyclic) bond motifs is 1. The molecule has 3 rings (SSSR count). The third-order valence-electron chi connectivity index (χ3n) is 3.90. The van der Waals surface area contributed by atoms with Crippen LogP contribution < -0.4 is 10.5 Å². The quantitative estimate of drug-likeness (QED) is 0.507. The molecule has 0 saturated heterocycles. The number of anilines is 1. The van der Waals surface area contributed by atoms with Crippen LogP contribution in [0, 0.1) is 6.92 Å². The van der Waals surface area contributed by atoms with E-state index >= 15 is 0 Å². The predicted octanol–water partition coefficient (Wildman–Crippen LogP) is 2.27. The maximum Gasteiger partial charge on any atom is 0.264 e. The van der Waals surface area contributed by atoms with E-state index in [-0.39, 0.29) is 18.0 Å². The minimum absolute atomic E-state index is 0.0995. The van der Waals surface area contributed by atoms with Gasteiger partial charge in [-0.3, -0.25) is 14.2 Å². The maximum absolute atomic E-state index is 12.6. The van der Waals surface area contributed by atoms with Gasteiger partial charge in [-0.1, -0.05) is 30.8 Å². The summed E-state index contributed by atoms with van der Waals surface area (Å²) in [5.74, 6) is 0.625. The number of likely N-dealkylation sites (N-methyl/N-ethyl adjacent to an activating group) is 1. The van der Waals surface area contributed by atoms with Crippen LogP contribution in [0.25, 0.3) is 11.0 Å². The fourth-order valence-corrected chi connectivity index (χ4v) is 3.02. The summed E-state index contributed by atoms with van der Waals surface area (Å²) < 4.78 is 1.28. The molecular formula is C18H19N5O2S. The van der Waals surface area contributed by atoms with Crippen molar-refractivity contribution in [2.75, 3.05) is 17.7 Å². The van der Waals surface area contributed by atoms with E-state index in [0.717, 1.165) is 17.0 Å². The monoisotopic (exact) mass is 369 g/mol. The molecule has 7 nitrogen and oxygen atoms in total. The van der Waals surface area contributed by atoms with Crippen molar-refractivity contribution in [3.05, 3.63) is 52.7 Å². The molecule has 0 radical (unpaired) electrons. The Hall–Kier alpha value is -2.74. The van der Waals surface area contributed by atoms with Gasteiger partial charge >= 0.3 is 0 Å². The van der Waals surface area contributed by atoms with E-state index in [9.17, 15) is 9.59 Å². The van der Waals surface area contributed by atoms with Crippen molar-refractivity contribution in [1.29, 1.82) is 0 Å². The van der Waals surface area contributed by atoms with Crippen LogP contribution in [0.15, 0.2) is 46.7 Å². The molecule has 2 heterocycles. The Morgan fingerprint density at radius 2 is 2.12 bits per heavy atom. The Balaban J connectivity index is 1.86. The van der Waals surface area contributed by atoms with E-state index in [1.165, 1.54) is 33.8 Å². The number of rotatable bonds is 5. The van der Waals surface area contributed by atoms with Gasteiger partial charge in [0.2, 0.25) is 5.91 Å². The summed E-state index contributed by atoms with van der Waals surface area (Å²) in [5.41, 5.74) is 1.86. The van der Waals surface area contributed by atoms with Crippen LogP contribution in [-0.4, -0.2) is 38.2 Å². The molecular weight excluding hydrogens is 350 g/mol. The standard InChI is InChI=1S/C18H19N5O2S/c1-4-26-18-19-9-14-16(21-18)20-11-23(17(14)25)10-15(24)22(3)13-7-5-6-12(2)8-13/h5-9,11H,4,10H2,1-3H3. The molecule has 8 heteroatoms. The van der Waals surface area contributed by atoms with Crippen molar-refractivity contribution in [3.8, 4) is 0 Å². The highest BCUT2D eigenvalue weighted by Crippen LogP contribution is 2.15. The first kappa shape index (κ1) is 18.1. The van der Waals surface area contributed by atoms with Crippen LogP contribution in [0.5, 0.6) is 0 Å². The SMILES string of the molecule is CCSc1ncc2c(=O)n(CC(=O)N(C)c3cccc(C)c3)cnc2n1. The first-order chi connectivity index (χ1) is 12.5. The topological polar surface area (TPSA) is 81.0 Å². The van der Waals surface area contributed by atoms with Gasteiger partial charge in [0.25, 0.3) is 5.56 Å². The summed E-state index contributed by atoms with van der Waals surface area (Å²) >= 11 is 1.48. The summed E-state index contributed by atoms with van der Waals surface area (Å²) in [5, 5.41) is 0.888. The van der Waals surface area contributed by atoms with Crippen LogP contribution in [0.4, 0.5) is 5.69 Å². The second-order valence-corrected chi connectivity index (χ2v) is 7.02. The van der Waals surface area contributed by atoms with Crippen molar-refractivity contribution in [2.24, 2.45) is 0 Å². The van der Waals surface area contributed by atoms with Crippen molar-refractivity contribution in [2.45, 2.75) is 25.5 Å². The van der Waals surface area contributed by atoms with Gasteiger partial charge in [0.05, 0.1) is 0 Å². The van der Waals surface area contributed by atoms with E-state index in [1.54, 1.807) is 7.05 Å². The molecule has 1 aromatic carbocycles. The van der Waals surface area contributed by atoms with Crippen molar-refractivity contribution < 1.29 is 4.79 Å². The number of nitrogens with zero attached hydrogens (tertiary/aromatic N) is 5. The fourth-order valence-electron chi connectivity index (χ4n) is 2.48. The second kappa shape index (κ2) is 7.65. The van der Waals surface area contributed by atoms with Gasteiger partial charge in [0.15, 0.2) is 10.8 Å². The van der Waals surface area contributed by atoms with Crippen LogP contribution in [0.2, 0.25) is 0 Å². The number of aryl methyl sites for hydroxylation is 1. The summed E-state index contributed by atoms with van der Waals surface area (Å²) in [6.07, 6.45) is 2.83. The lowest BCUT2D eigenvalue weighted by molar-refractivity contribution is -0.118. The molecule has 1 amide bonds. The summed E-state index contributed by atoms with van der Waals surface area (Å²) in [7, 11) is 1.69. The fraction of sp³-hybridized carbons (Fsp3) is 0.278. The second-order valence-electron chi connectivity index (χ2n) is 5.79. The number of hydrogen-bond acceptors (Lipinski definition) is 6. The third kappa shape index (κ3) is 3.75. The van der Waals surface area contributed by atoms with Gasteiger partial charge in [-0.25, -0.2) is 15.0 Å².